The average molecular weight is 394 g/mol. The normalized spacial score (nSPS) is 15.6. The van der Waals surface area contributed by atoms with Crippen LogP contribution in [0.25, 0.3) is 0 Å². The van der Waals surface area contributed by atoms with E-state index in [9.17, 15) is 14.4 Å². The van der Waals surface area contributed by atoms with Crippen LogP contribution in [0.1, 0.15) is 23.9 Å². The molecular weight excluding hydrogens is 364 g/mol. The lowest BCUT2D eigenvalue weighted by atomic mass is 10.2. The van der Waals surface area contributed by atoms with Gasteiger partial charge in [0, 0.05) is 46.4 Å². The summed E-state index contributed by atoms with van der Waals surface area (Å²) in [5.41, 5.74) is 0. The van der Waals surface area contributed by atoms with E-state index in [0.717, 1.165) is 6.42 Å². The van der Waals surface area contributed by atoms with Gasteiger partial charge >= 0.3 is 0 Å². The number of ether oxygens (including phenoxy) is 1. The third-order valence-electron chi connectivity index (χ3n) is 4.87. The van der Waals surface area contributed by atoms with Crippen LogP contribution in [0.3, 0.4) is 0 Å². The summed E-state index contributed by atoms with van der Waals surface area (Å²) >= 11 is 0. The molecule has 1 atom stereocenters. The van der Waals surface area contributed by atoms with Crippen LogP contribution in [0.4, 0.5) is 0 Å². The molecule has 1 aromatic rings. The minimum Gasteiger partial charge on any atom is -0.459 e. The second-order valence-corrected chi connectivity index (χ2v) is 6.88. The van der Waals surface area contributed by atoms with Gasteiger partial charge in [0.15, 0.2) is 5.76 Å². The fraction of sp³-hybridized carbons (Fsp3) is 0.632. The summed E-state index contributed by atoms with van der Waals surface area (Å²) in [6.07, 6.45) is 2.22. The third kappa shape index (κ3) is 6.07. The molecule has 0 aromatic carbocycles. The van der Waals surface area contributed by atoms with Gasteiger partial charge in [0.2, 0.25) is 11.8 Å². The van der Waals surface area contributed by atoms with Crippen molar-refractivity contribution in [3.05, 3.63) is 24.2 Å². The lowest BCUT2D eigenvalue weighted by Gasteiger charge is -2.37. The first-order valence-corrected chi connectivity index (χ1v) is 9.51. The van der Waals surface area contributed by atoms with Crippen LogP contribution in [0, 0.1) is 0 Å². The molecule has 0 aliphatic carbocycles. The Hall–Kier alpha value is -2.39. The van der Waals surface area contributed by atoms with E-state index in [1.165, 1.54) is 6.26 Å². The Morgan fingerprint density at radius 1 is 1.25 bits per heavy atom. The second-order valence-electron chi connectivity index (χ2n) is 6.88. The molecule has 3 amide bonds. The Morgan fingerprint density at radius 3 is 2.54 bits per heavy atom. The van der Waals surface area contributed by atoms with Gasteiger partial charge in [-0.05, 0) is 32.5 Å². The van der Waals surface area contributed by atoms with Gasteiger partial charge in [0.05, 0.1) is 18.8 Å². The molecule has 1 N–H and O–H groups in total. The zero-order valence-corrected chi connectivity index (χ0v) is 16.8. The molecule has 0 bridgehead atoms. The third-order valence-corrected chi connectivity index (χ3v) is 4.87. The molecule has 2 rings (SSSR count). The van der Waals surface area contributed by atoms with Crippen molar-refractivity contribution in [2.75, 3.05) is 60.0 Å². The topological polar surface area (TPSA) is 95.3 Å². The number of likely N-dealkylation sites (N-methyl/N-ethyl adjacent to an activating group) is 1. The van der Waals surface area contributed by atoms with Gasteiger partial charge in [0.1, 0.15) is 0 Å². The van der Waals surface area contributed by atoms with Crippen LogP contribution in [-0.2, 0) is 14.3 Å². The van der Waals surface area contributed by atoms with Crippen molar-refractivity contribution in [2.45, 2.75) is 19.4 Å². The summed E-state index contributed by atoms with van der Waals surface area (Å²) in [6, 6.07) is 2.90. The summed E-state index contributed by atoms with van der Waals surface area (Å²) in [7, 11) is 3.38. The number of hydrogen-bond acceptors (Lipinski definition) is 6. The maximum Gasteiger partial charge on any atom is 0.289 e. The molecule has 0 spiro atoms. The minimum absolute atomic E-state index is 0.0419. The second kappa shape index (κ2) is 10.8. The Kier molecular flexibility index (Phi) is 8.46. The van der Waals surface area contributed by atoms with Crippen LogP contribution in [0.15, 0.2) is 22.8 Å². The smallest absolute Gasteiger partial charge is 0.289 e. The molecule has 156 valence electrons. The number of methoxy groups -OCH3 is 1. The minimum atomic E-state index is -0.419. The Balaban J connectivity index is 1.75. The average Bonchev–Trinajstić information content (AvgIpc) is 3.24. The first-order chi connectivity index (χ1) is 13.4. The van der Waals surface area contributed by atoms with Crippen molar-refractivity contribution in [1.29, 1.82) is 0 Å². The SMILES string of the molecule is COCCCNC(=O)CN(C)C(C)C(=O)N1CCN(C(=O)c2ccco2)CC1. The van der Waals surface area contributed by atoms with Crippen molar-refractivity contribution in [1.82, 2.24) is 20.0 Å². The quantitative estimate of drug-likeness (QED) is 0.594. The summed E-state index contributed by atoms with van der Waals surface area (Å²) in [5, 5.41) is 2.81. The first kappa shape index (κ1) is 21.9. The number of furan rings is 1. The largest absolute Gasteiger partial charge is 0.459 e. The monoisotopic (exact) mass is 394 g/mol. The van der Waals surface area contributed by atoms with Gasteiger partial charge < -0.3 is 24.3 Å². The molecule has 0 saturated carbocycles. The number of hydrogen-bond donors (Lipinski definition) is 1. The van der Waals surface area contributed by atoms with Gasteiger partial charge in [-0.3, -0.25) is 19.3 Å². The van der Waals surface area contributed by atoms with Crippen molar-refractivity contribution < 1.29 is 23.5 Å². The Morgan fingerprint density at radius 2 is 1.93 bits per heavy atom. The van der Waals surface area contributed by atoms with Crippen molar-refractivity contribution in [3.8, 4) is 0 Å². The number of carbonyl (C=O) groups is 3. The van der Waals surface area contributed by atoms with Gasteiger partial charge in [0.25, 0.3) is 5.91 Å². The van der Waals surface area contributed by atoms with E-state index in [0.29, 0.717) is 45.1 Å². The molecule has 1 aromatic heterocycles. The van der Waals surface area contributed by atoms with Crippen LogP contribution < -0.4 is 5.32 Å². The van der Waals surface area contributed by atoms with E-state index in [1.807, 2.05) is 0 Å². The fourth-order valence-electron chi connectivity index (χ4n) is 3.00. The number of nitrogens with zero attached hydrogens (tertiary/aromatic N) is 3. The Labute approximate surface area is 165 Å². The predicted molar refractivity (Wildman–Crippen MR) is 103 cm³/mol. The zero-order chi connectivity index (χ0) is 20.5. The van der Waals surface area contributed by atoms with Crippen LogP contribution in [-0.4, -0.2) is 98.5 Å². The first-order valence-electron chi connectivity index (χ1n) is 9.51. The molecule has 2 heterocycles. The van der Waals surface area contributed by atoms with Gasteiger partial charge in [-0.25, -0.2) is 0 Å². The summed E-state index contributed by atoms with van der Waals surface area (Å²) in [6.45, 7) is 4.94. The predicted octanol–water partition coefficient (Wildman–Crippen LogP) is 0.0370. The van der Waals surface area contributed by atoms with Gasteiger partial charge in [-0.2, -0.15) is 0 Å². The standard InChI is InChI=1S/C19H30N4O5/c1-15(21(2)14-17(24)20-7-5-12-27-3)18(25)22-8-10-23(11-9-22)19(26)16-6-4-13-28-16/h4,6,13,15H,5,7-12,14H2,1-3H3,(H,20,24). The van der Waals surface area contributed by atoms with Crippen molar-refractivity contribution in [3.63, 3.8) is 0 Å². The molecule has 1 unspecified atom stereocenters. The van der Waals surface area contributed by atoms with E-state index in [1.54, 1.807) is 47.9 Å². The summed E-state index contributed by atoms with van der Waals surface area (Å²) in [4.78, 5) is 42.2. The fourth-order valence-corrected chi connectivity index (χ4v) is 3.00. The molecule has 1 aliphatic heterocycles. The highest BCUT2D eigenvalue weighted by Gasteiger charge is 2.30. The van der Waals surface area contributed by atoms with E-state index >= 15 is 0 Å². The molecule has 1 aliphatic rings. The Bertz CT molecular complexity index is 641. The van der Waals surface area contributed by atoms with Crippen LogP contribution >= 0.6 is 0 Å². The van der Waals surface area contributed by atoms with E-state index in [4.69, 9.17) is 9.15 Å². The number of nitrogens with one attached hydrogen (secondary N) is 1. The highest BCUT2D eigenvalue weighted by Crippen LogP contribution is 2.11. The molecule has 0 radical (unpaired) electrons. The number of piperazine rings is 1. The molecule has 28 heavy (non-hydrogen) atoms. The molecule has 9 nitrogen and oxygen atoms in total. The summed E-state index contributed by atoms with van der Waals surface area (Å²) < 4.78 is 10.1. The van der Waals surface area contributed by atoms with Crippen molar-refractivity contribution >= 4 is 17.7 Å². The van der Waals surface area contributed by atoms with Crippen LogP contribution in [0.5, 0.6) is 0 Å². The number of amides is 3. The summed E-state index contributed by atoms with van der Waals surface area (Å²) in [5.74, 6) is -0.0105. The van der Waals surface area contributed by atoms with Crippen molar-refractivity contribution in [2.24, 2.45) is 0 Å². The number of rotatable bonds is 9. The molecule has 1 fully saturated rings. The van der Waals surface area contributed by atoms with Gasteiger partial charge in [-0.1, -0.05) is 0 Å². The zero-order valence-electron chi connectivity index (χ0n) is 16.8. The maximum absolute atomic E-state index is 12.7. The number of carbonyl (C=O) groups excluding carboxylic acids is 3. The molecule has 9 heteroatoms. The van der Waals surface area contributed by atoms with Gasteiger partial charge in [-0.15, -0.1) is 0 Å². The lowest BCUT2D eigenvalue weighted by Crippen LogP contribution is -2.55. The molecular formula is C19H30N4O5. The highest BCUT2D eigenvalue weighted by molar-refractivity contribution is 5.91. The lowest BCUT2D eigenvalue weighted by molar-refractivity contribution is -0.138. The van der Waals surface area contributed by atoms with Crippen LogP contribution in [0.2, 0.25) is 0 Å². The van der Waals surface area contributed by atoms with E-state index in [2.05, 4.69) is 5.32 Å². The highest BCUT2D eigenvalue weighted by atomic mass is 16.5. The van der Waals surface area contributed by atoms with E-state index in [-0.39, 0.29) is 24.3 Å². The maximum atomic E-state index is 12.7. The van der Waals surface area contributed by atoms with E-state index < -0.39 is 6.04 Å². The molecule has 1 saturated heterocycles.